The molecule has 1 fully saturated rings. The molecule has 0 saturated carbocycles. The molecule has 0 unspecified atom stereocenters. The van der Waals surface area contributed by atoms with Crippen LogP contribution in [0.25, 0.3) is 0 Å². The van der Waals surface area contributed by atoms with Crippen molar-refractivity contribution in [2.45, 2.75) is 91.1 Å². The summed E-state index contributed by atoms with van der Waals surface area (Å²) in [4.78, 5) is 0. The van der Waals surface area contributed by atoms with Crippen molar-refractivity contribution >= 4 is 18.7 Å². The molecule has 42 heavy (non-hydrogen) atoms. The quantitative estimate of drug-likeness (QED) is 0.226. The minimum Gasteiger partial charge on any atom is -0.497 e. The summed E-state index contributed by atoms with van der Waals surface area (Å²) in [6.07, 6.45) is -0.283. The maximum atomic E-state index is 7.29. The highest BCUT2D eigenvalue weighted by Gasteiger charge is 2.51. The van der Waals surface area contributed by atoms with E-state index >= 15 is 0 Å². The van der Waals surface area contributed by atoms with Gasteiger partial charge in [0.2, 0.25) is 0 Å². The van der Waals surface area contributed by atoms with Crippen LogP contribution in [-0.4, -0.2) is 46.1 Å². The van der Waals surface area contributed by atoms with Gasteiger partial charge in [0.15, 0.2) is 5.79 Å². The summed E-state index contributed by atoms with van der Waals surface area (Å²) in [5.74, 6) is 0.362. The molecular weight excluding hydrogens is 540 g/mol. The second-order valence-corrected chi connectivity index (χ2v) is 17.5. The van der Waals surface area contributed by atoms with Gasteiger partial charge in [0.05, 0.1) is 32.0 Å². The van der Waals surface area contributed by atoms with Gasteiger partial charge in [-0.1, -0.05) is 107 Å². The van der Waals surface area contributed by atoms with Crippen LogP contribution in [0.5, 0.6) is 5.75 Å². The molecule has 0 aromatic heterocycles. The van der Waals surface area contributed by atoms with Crippen molar-refractivity contribution in [3.8, 4) is 5.75 Å². The summed E-state index contributed by atoms with van der Waals surface area (Å²) in [7, 11) is -0.973. The summed E-state index contributed by atoms with van der Waals surface area (Å²) in [6.45, 7) is 18.6. The van der Waals surface area contributed by atoms with E-state index in [4.69, 9.17) is 23.4 Å². The van der Waals surface area contributed by atoms with E-state index in [2.05, 4.69) is 102 Å². The van der Waals surface area contributed by atoms with E-state index in [-0.39, 0.29) is 35.2 Å². The fourth-order valence-corrected chi connectivity index (χ4v) is 11.1. The average Bonchev–Trinajstić information content (AvgIpc) is 2.97. The first-order valence-electron chi connectivity index (χ1n) is 15.2. The van der Waals surface area contributed by atoms with Gasteiger partial charge < -0.3 is 23.4 Å². The summed E-state index contributed by atoms with van der Waals surface area (Å²) < 4.78 is 32.1. The van der Waals surface area contributed by atoms with E-state index in [1.54, 1.807) is 7.11 Å². The van der Waals surface area contributed by atoms with Crippen LogP contribution in [0, 0.1) is 11.8 Å². The summed E-state index contributed by atoms with van der Waals surface area (Å²) >= 11 is 0. The second kappa shape index (κ2) is 13.4. The molecule has 0 N–H and O–H groups in total. The van der Waals surface area contributed by atoms with E-state index in [9.17, 15) is 0 Å². The first-order valence-corrected chi connectivity index (χ1v) is 17.1. The molecule has 4 rings (SSSR count). The Balaban J connectivity index is 1.54. The average molecular weight is 591 g/mol. The van der Waals surface area contributed by atoms with Crippen molar-refractivity contribution in [3.05, 3.63) is 90.5 Å². The summed E-state index contributed by atoms with van der Waals surface area (Å²) in [6, 6.07) is 29.6. The molecule has 1 heterocycles. The Hall–Kier alpha value is -2.48. The first-order chi connectivity index (χ1) is 19.9. The lowest BCUT2D eigenvalue weighted by molar-refractivity contribution is -0.341. The molecule has 0 radical (unpaired) electrons. The zero-order chi connectivity index (χ0) is 30.5. The molecule has 0 amide bonds. The van der Waals surface area contributed by atoms with Crippen LogP contribution in [0.15, 0.2) is 84.9 Å². The van der Waals surface area contributed by atoms with Gasteiger partial charge in [-0.25, -0.2) is 0 Å². The Morgan fingerprint density at radius 1 is 0.810 bits per heavy atom. The van der Waals surface area contributed by atoms with Gasteiger partial charge in [0, 0.05) is 18.4 Å². The van der Waals surface area contributed by atoms with Crippen molar-refractivity contribution < 1.29 is 23.4 Å². The molecule has 0 spiro atoms. The lowest BCUT2D eigenvalue weighted by atomic mass is 9.85. The largest absolute Gasteiger partial charge is 0.497 e. The molecule has 3 aromatic rings. The molecule has 3 aromatic carbocycles. The topological polar surface area (TPSA) is 46.2 Å². The molecule has 1 aliphatic heterocycles. The van der Waals surface area contributed by atoms with Gasteiger partial charge in [0.1, 0.15) is 5.75 Å². The van der Waals surface area contributed by atoms with Crippen LogP contribution in [0.1, 0.15) is 61.0 Å². The van der Waals surface area contributed by atoms with Crippen molar-refractivity contribution in [1.82, 2.24) is 0 Å². The predicted molar refractivity (Wildman–Crippen MR) is 173 cm³/mol. The standard InChI is InChI=1S/C36H50O5Si/c1-26(24-39-42(35(4,5)6,31-16-12-10-13-17-31)32-18-14-11-15-19-32)33-27(2)34(41-36(7,8)40-33)28(3)38-25-29-20-22-30(37-9)23-21-29/h10-23,26-28,33-34H,24-25H2,1-9H3/t26-,27+,28+,33-,34+/m1/s1. The fraction of sp³-hybridized carbons (Fsp3) is 0.500. The zero-order valence-corrected chi connectivity index (χ0v) is 27.9. The van der Waals surface area contributed by atoms with Gasteiger partial charge in [-0.05, 0) is 53.9 Å². The second-order valence-electron chi connectivity index (χ2n) is 13.2. The summed E-state index contributed by atoms with van der Waals surface area (Å²) in [5, 5.41) is 2.50. The molecule has 0 bridgehead atoms. The molecule has 6 heteroatoms. The molecule has 1 saturated heterocycles. The third kappa shape index (κ3) is 7.17. The summed E-state index contributed by atoms with van der Waals surface area (Å²) in [5.41, 5.74) is 1.10. The highest BCUT2D eigenvalue weighted by atomic mass is 28.4. The normalized spacial score (nSPS) is 22.4. The smallest absolute Gasteiger partial charge is 0.261 e. The fourth-order valence-electron chi connectivity index (χ4n) is 6.40. The van der Waals surface area contributed by atoms with E-state index in [1.807, 2.05) is 38.1 Å². The van der Waals surface area contributed by atoms with Gasteiger partial charge >= 0.3 is 0 Å². The van der Waals surface area contributed by atoms with Crippen LogP contribution >= 0.6 is 0 Å². The number of rotatable bonds is 11. The highest BCUT2D eigenvalue weighted by molar-refractivity contribution is 6.99. The maximum Gasteiger partial charge on any atom is 0.261 e. The Labute approximate surface area is 254 Å². The third-order valence-corrected chi connectivity index (χ3v) is 13.6. The lowest BCUT2D eigenvalue weighted by Crippen LogP contribution is -2.67. The van der Waals surface area contributed by atoms with Crippen molar-refractivity contribution in [2.24, 2.45) is 11.8 Å². The number of hydrogen-bond acceptors (Lipinski definition) is 5. The van der Waals surface area contributed by atoms with Gasteiger partial charge in [0.25, 0.3) is 8.32 Å². The van der Waals surface area contributed by atoms with E-state index < -0.39 is 14.1 Å². The minimum absolute atomic E-state index is 0.0519. The van der Waals surface area contributed by atoms with E-state index in [1.165, 1.54) is 10.4 Å². The third-order valence-electron chi connectivity index (χ3n) is 8.55. The van der Waals surface area contributed by atoms with Crippen LogP contribution in [0.3, 0.4) is 0 Å². The molecule has 5 atom stereocenters. The number of benzene rings is 3. The van der Waals surface area contributed by atoms with E-state index in [0.29, 0.717) is 13.2 Å². The molecule has 1 aliphatic rings. The predicted octanol–water partition coefficient (Wildman–Crippen LogP) is 6.97. The van der Waals surface area contributed by atoms with Gasteiger partial charge in [-0.15, -0.1) is 0 Å². The van der Waals surface area contributed by atoms with Crippen molar-refractivity contribution in [3.63, 3.8) is 0 Å². The number of methoxy groups -OCH3 is 1. The van der Waals surface area contributed by atoms with Gasteiger partial charge in [-0.2, -0.15) is 0 Å². The Morgan fingerprint density at radius 2 is 1.33 bits per heavy atom. The first kappa shape index (κ1) is 32.4. The van der Waals surface area contributed by atoms with E-state index in [0.717, 1.165) is 11.3 Å². The monoisotopic (exact) mass is 590 g/mol. The van der Waals surface area contributed by atoms with Crippen LogP contribution in [-0.2, 0) is 25.2 Å². The number of ether oxygens (including phenoxy) is 4. The van der Waals surface area contributed by atoms with Gasteiger partial charge in [-0.3, -0.25) is 0 Å². The lowest BCUT2D eigenvalue weighted by Gasteiger charge is -2.49. The SMILES string of the molecule is COc1ccc(CO[C@@H](C)[C@H]2OC(C)(C)O[C@H]([C@H](C)CO[Si](c3ccccc3)(c3ccccc3)C(C)(C)C)[C@@H]2C)cc1. The Kier molecular flexibility index (Phi) is 10.4. The van der Waals surface area contributed by atoms with Crippen LogP contribution < -0.4 is 15.1 Å². The minimum atomic E-state index is -2.65. The van der Waals surface area contributed by atoms with Crippen LogP contribution in [0.4, 0.5) is 0 Å². The molecular formula is C36H50O5Si. The number of hydrogen-bond donors (Lipinski definition) is 0. The molecule has 5 nitrogen and oxygen atoms in total. The van der Waals surface area contributed by atoms with Crippen LogP contribution in [0.2, 0.25) is 5.04 Å². The Morgan fingerprint density at radius 3 is 1.83 bits per heavy atom. The van der Waals surface area contributed by atoms with Crippen molar-refractivity contribution in [1.29, 1.82) is 0 Å². The molecule has 0 aliphatic carbocycles. The molecule has 228 valence electrons. The van der Waals surface area contributed by atoms with Crippen molar-refractivity contribution in [2.75, 3.05) is 13.7 Å². The Bertz CT molecular complexity index is 1200. The zero-order valence-electron chi connectivity index (χ0n) is 26.9. The maximum absolute atomic E-state index is 7.29. The highest BCUT2D eigenvalue weighted by Crippen LogP contribution is 2.40.